The highest BCUT2D eigenvalue weighted by atomic mass is 16.5. The monoisotopic (exact) mass is 239 g/mol. The molecule has 0 saturated carbocycles. The summed E-state index contributed by atoms with van der Waals surface area (Å²) in [6.07, 6.45) is 5.77. The first-order valence-electron chi connectivity index (χ1n) is 6.51. The third-order valence-corrected chi connectivity index (χ3v) is 3.07. The van der Waals surface area contributed by atoms with Crippen LogP contribution in [0.4, 0.5) is 0 Å². The first kappa shape index (κ1) is 12.5. The third-order valence-electron chi connectivity index (χ3n) is 3.07. The van der Waals surface area contributed by atoms with Crippen LogP contribution in [0.2, 0.25) is 0 Å². The average molecular weight is 239 g/mol. The second-order valence-corrected chi connectivity index (χ2v) is 4.45. The highest BCUT2D eigenvalue weighted by molar-refractivity contribution is 4.83. The summed E-state index contributed by atoms with van der Waals surface area (Å²) >= 11 is 0. The van der Waals surface area contributed by atoms with Gasteiger partial charge >= 0.3 is 0 Å². The van der Waals surface area contributed by atoms with E-state index in [0.29, 0.717) is 18.5 Å². The van der Waals surface area contributed by atoms with E-state index in [2.05, 4.69) is 15.5 Å². The van der Waals surface area contributed by atoms with Gasteiger partial charge in [-0.25, -0.2) is 0 Å². The van der Waals surface area contributed by atoms with E-state index in [1.807, 2.05) is 6.92 Å². The zero-order valence-corrected chi connectivity index (χ0v) is 10.4. The van der Waals surface area contributed by atoms with Gasteiger partial charge in [-0.1, -0.05) is 18.5 Å². The minimum atomic E-state index is 0.430. The molecule has 0 amide bonds. The van der Waals surface area contributed by atoms with Crippen molar-refractivity contribution >= 4 is 0 Å². The lowest BCUT2D eigenvalue weighted by Crippen LogP contribution is -2.34. The van der Waals surface area contributed by atoms with Gasteiger partial charge in [0.15, 0.2) is 5.82 Å². The first-order chi connectivity index (χ1) is 8.38. The highest BCUT2D eigenvalue weighted by Crippen LogP contribution is 2.10. The molecule has 0 aliphatic carbocycles. The number of nitrogens with one attached hydrogen (secondary N) is 1. The van der Waals surface area contributed by atoms with Gasteiger partial charge < -0.3 is 14.6 Å². The Morgan fingerprint density at radius 1 is 1.47 bits per heavy atom. The molecule has 1 saturated heterocycles. The Balaban J connectivity index is 1.59. The maximum absolute atomic E-state index is 5.54. The largest absolute Gasteiger partial charge is 0.372 e. The summed E-state index contributed by atoms with van der Waals surface area (Å²) in [4.78, 5) is 4.19. The summed E-state index contributed by atoms with van der Waals surface area (Å²) in [7, 11) is 0. The number of ether oxygens (including phenoxy) is 1. The van der Waals surface area contributed by atoms with Gasteiger partial charge in [-0.3, -0.25) is 0 Å². The molecule has 1 aromatic rings. The summed E-state index contributed by atoms with van der Waals surface area (Å²) in [5.41, 5.74) is 0. The molecule has 0 bridgehead atoms. The molecule has 0 aromatic carbocycles. The standard InChI is InChI=1S/C12H21N3O2/c1-2-11-14-12(17-15-11)9-16-8-6-10-5-3-4-7-13-10/h10,13H,2-9H2,1H3. The second kappa shape index (κ2) is 6.71. The van der Waals surface area contributed by atoms with E-state index in [1.54, 1.807) is 0 Å². The van der Waals surface area contributed by atoms with E-state index in [9.17, 15) is 0 Å². The van der Waals surface area contributed by atoms with Crippen molar-refractivity contribution in [3.05, 3.63) is 11.7 Å². The summed E-state index contributed by atoms with van der Waals surface area (Å²) in [5, 5.41) is 7.32. The minimum absolute atomic E-state index is 0.430. The van der Waals surface area contributed by atoms with Crippen molar-refractivity contribution in [2.24, 2.45) is 0 Å². The van der Waals surface area contributed by atoms with Crippen LogP contribution in [0.3, 0.4) is 0 Å². The van der Waals surface area contributed by atoms with Gasteiger partial charge in [0.1, 0.15) is 6.61 Å². The molecule has 17 heavy (non-hydrogen) atoms. The molecule has 1 aromatic heterocycles. The number of hydrogen-bond acceptors (Lipinski definition) is 5. The Kier molecular flexibility index (Phi) is 4.94. The van der Waals surface area contributed by atoms with Crippen molar-refractivity contribution in [2.45, 2.75) is 51.7 Å². The van der Waals surface area contributed by atoms with Crippen molar-refractivity contribution < 1.29 is 9.26 Å². The molecule has 1 fully saturated rings. The zero-order chi connectivity index (χ0) is 11.9. The number of rotatable bonds is 6. The molecule has 2 rings (SSSR count). The second-order valence-electron chi connectivity index (χ2n) is 4.45. The lowest BCUT2D eigenvalue weighted by Gasteiger charge is -2.22. The molecular weight excluding hydrogens is 218 g/mol. The molecule has 0 radical (unpaired) electrons. The molecule has 5 nitrogen and oxygen atoms in total. The average Bonchev–Trinajstić information content (AvgIpc) is 2.84. The van der Waals surface area contributed by atoms with Gasteiger partial charge in [-0.2, -0.15) is 4.98 Å². The van der Waals surface area contributed by atoms with Gasteiger partial charge in [0.25, 0.3) is 5.89 Å². The SMILES string of the molecule is CCc1noc(COCCC2CCCCN2)n1. The van der Waals surface area contributed by atoms with Crippen LogP contribution in [0.25, 0.3) is 0 Å². The van der Waals surface area contributed by atoms with Crippen LogP contribution in [0.15, 0.2) is 4.52 Å². The van der Waals surface area contributed by atoms with E-state index in [0.717, 1.165) is 31.8 Å². The quantitative estimate of drug-likeness (QED) is 0.765. The Labute approximate surface area is 102 Å². The molecule has 1 atom stereocenters. The normalized spacial score (nSPS) is 20.6. The molecule has 1 unspecified atom stereocenters. The minimum Gasteiger partial charge on any atom is -0.372 e. The smallest absolute Gasteiger partial charge is 0.252 e. The lowest BCUT2D eigenvalue weighted by molar-refractivity contribution is 0.0877. The molecule has 2 heterocycles. The summed E-state index contributed by atoms with van der Waals surface area (Å²) in [6.45, 7) is 4.33. The predicted molar refractivity (Wildman–Crippen MR) is 63.6 cm³/mol. The Morgan fingerprint density at radius 3 is 3.12 bits per heavy atom. The fraction of sp³-hybridized carbons (Fsp3) is 0.833. The van der Waals surface area contributed by atoms with E-state index in [4.69, 9.17) is 9.26 Å². The third kappa shape index (κ3) is 4.09. The number of aryl methyl sites for hydroxylation is 1. The Hall–Kier alpha value is -0.940. The molecule has 1 aliphatic heterocycles. The molecule has 0 spiro atoms. The molecule has 1 aliphatic rings. The number of hydrogen-bond donors (Lipinski definition) is 1. The molecule has 1 N–H and O–H groups in total. The number of aromatic nitrogens is 2. The highest BCUT2D eigenvalue weighted by Gasteiger charge is 2.12. The molecule has 5 heteroatoms. The van der Waals surface area contributed by atoms with Gasteiger partial charge in [0.2, 0.25) is 0 Å². The topological polar surface area (TPSA) is 60.2 Å². The predicted octanol–water partition coefficient (Wildman–Crippen LogP) is 1.68. The number of nitrogens with zero attached hydrogens (tertiary/aromatic N) is 2. The van der Waals surface area contributed by atoms with Crippen molar-refractivity contribution in [1.82, 2.24) is 15.5 Å². The summed E-state index contributed by atoms with van der Waals surface area (Å²) in [5.74, 6) is 1.33. The molecule has 96 valence electrons. The van der Waals surface area contributed by atoms with Crippen LogP contribution >= 0.6 is 0 Å². The van der Waals surface area contributed by atoms with Crippen LogP contribution in [0.5, 0.6) is 0 Å². The van der Waals surface area contributed by atoms with Crippen molar-refractivity contribution in [3.8, 4) is 0 Å². The van der Waals surface area contributed by atoms with E-state index < -0.39 is 0 Å². The maximum Gasteiger partial charge on any atom is 0.252 e. The zero-order valence-electron chi connectivity index (χ0n) is 10.4. The van der Waals surface area contributed by atoms with Crippen molar-refractivity contribution in [3.63, 3.8) is 0 Å². The number of piperidine rings is 1. The fourth-order valence-corrected chi connectivity index (χ4v) is 2.05. The van der Waals surface area contributed by atoms with Gasteiger partial charge in [-0.05, 0) is 25.8 Å². The van der Waals surface area contributed by atoms with E-state index >= 15 is 0 Å². The first-order valence-corrected chi connectivity index (χ1v) is 6.51. The van der Waals surface area contributed by atoms with E-state index in [1.165, 1.54) is 19.3 Å². The van der Waals surface area contributed by atoms with Crippen LogP contribution in [0.1, 0.15) is 44.3 Å². The van der Waals surface area contributed by atoms with Crippen molar-refractivity contribution in [2.75, 3.05) is 13.2 Å². The van der Waals surface area contributed by atoms with Crippen LogP contribution in [-0.4, -0.2) is 29.3 Å². The summed E-state index contributed by atoms with van der Waals surface area (Å²) < 4.78 is 10.6. The Morgan fingerprint density at radius 2 is 2.41 bits per heavy atom. The van der Waals surface area contributed by atoms with Crippen LogP contribution < -0.4 is 5.32 Å². The summed E-state index contributed by atoms with van der Waals surface area (Å²) in [6, 6.07) is 0.623. The van der Waals surface area contributed by atoms with Gasteiger partial charge in [0, 0.05) is 19.1 Å². The van der Waals surface area contributed by atoms with Crippen molar-refractivity contribution in [1.29, 1.82) is 0 Å². The maximum atomic E-state index is 5.54. The molecular formula is C12H21N3O2. The van der Waals surface area contributed by atoms with Crippen LogP contribution in [0, 0.1) is 0 Å². The van der Waals surface area contributed by atoms with Gasteiger partial charge in [-0.15, -0.1) is 0 Å². The van der Waals surface area contributed by atoms with E-state index in [-0.39, 0.29) is 0 Å². The van der Waals surface area contributed by atoms with Gasteiger partial charge in [0.05, 0.1) is 0 Å². The lowest BCUT2D eigenvalue weighted by atomic mass is 10.0. The van der Waals surface area contributed by atoms with Crippen LogP contribution in [-0.2, 0) is 17.8 Å². The Bertz CT molecular complexity index is 321. The fourth-order valence-electron chi connectivity index (χ4n) is 2.05.